The van der Waals surface area contributed by atoms with Gasteiger partial charge in [-0.1, -0.05) is 23.7 Å². The van der Waals surface area contributed by atoms with Crippen LogP contribution < -0.4 is 5.32 Å². The Morgan fingerprint density at radius 2 is 2.00 bits per heavy atom. The SMILES string of the molecule is CC(OC(=O)c1ccccc1[N+](=O)[O-])C(=O)Nc1ccc(Cl)cn1. The fourth-order valence-electron chi connectivity index (χ4n) is 1.76. The maximum absolute atomic E-state index is 12.0. The summed E-state index contributed by atoms with van der Waals surface area (Å²) in [5, 5.41) is 13.8. The standard InChI is InChI=1S/C15H12ClN3O5/c1-9(14(20)18-13-7-6-10(16)8-17-13)24-15(21)11-4-2-3-5-12(11)19(22)23/h2-9H,1H3,(H,17,18,20). The number of pyridine rings is 1. The minimum absolute atomic E-state index is 0.230. The number of nitrogens with zero attached hydrogens (tertiary/aromatic N) is 2. The van der Waals surface area contributed by atoms with E-state index in [0.717, 1.165) is 0 Å². The molecule has 1 aromatic heterocycles. The van der Waals surface area contributed by atoms with Gasteiger partial charge >= 0.3 is 5.97 Å². The van der Waals surface area contributed by atoms with E-state index in [0.29, 0.717) is 5.02 Å². The molecule has 9 heteroatoms. The Balaban J connectivity index is 2.04. The van der Waals surface area contributed by atoms with Gasteiger partial charge < -0.3 is 10.1 Å². The van der Waals surface area contributed by atoms with Crippen molar-refractivity contribution in [2.75, 3.05) is 5.32 Å². The highest BCUT2D eigenvalue weighted by atomic mass is 35.5. The second-order valence-corrected chi connectivity index (χ2v) is 5.11. The number of hydrogen-bond acceptors (Lipinski definition) is 6. The highest BCUT2D eigenvalue weighted by Gasteiger charge is 2.25. The number of carbonyl (C=O) groups is 2. The molecule has 0 aliphatic carbocycles. The molecular formula is C15H12ClN3O5. The van der Waals surface area contributed by atoms with Crippen molar-refractivity contribution in [3.05, 3.63) is 63.3 Å². The summed E-state index contributed by atoms with van der Waals surface area (Å²) in [6.07, 6.45) is 0.177. The van der Waals surface area contributed by atoms with Crippen LogP contribution in [0.4, 0.5) is 11.5 Å². The first kappa shape index (κ1) is 17.4. The van der Waals surface area contributed by atoms with Gasteiger partial charge in [0.1, 0.15) is 11.4 Å². The monoisotopic (exact) mass is 349 g/mol. The molecule has 0 bridgehead atoms. The zero-order chi connectivity index (χ0) is 17.7. The van der Waals surface area contributed by atoms with E-state index in [1.54, 1.807) is 0 Å². The molecule has 1 aromatic carbocycles. The van der Waals surface area contributed by atoms with Gasteiger partial charge in [0.25, 0.3) is 11.6 Å². The Hall–Kier alpha value is -3.00. The number of para-hydroxylation sites is 1. The molecule has 1 heterocycles. The molecule has 0 aliphatic heterocycles. The molecule has 8 nitrogen and oxygen atoms in total. The minimum Gasteiger partial charge on any atom is -0.449 e. The zero-order valence-corrected chi connectivity index (χ0v) is 13.2. The summed E-state index contributed by atoms with van der Waals surface area (Å²) in [6.45, 7) is 1.35. The lowest BCUT2D eigenvalue weighted by molar-refractivity contribution is -0.385. The number of halogens is 1. The van der Waals surface area contributed by atoms with E-state index in [-0.39, 0.29) is 11.4 Å². The van der Waals surface area contributed by atoms with Gasteiger partial charge in [-0.15, -0.1) is 0 Å². The first-order valence-electron chi connectivity index (χ1n) is 6.75. The molecule has 1 amide bonds. The number of benzene rings is 1. The van der Waals surface area contributed by atoms with Gasteiger partial charge in [-0.2, -0.15) is 0 Å². The van der Waals surface area contributed by atoms with E-state index in [1.165, 1.54) is 49.5 Å². The van der Waals surface area contributed by atoms with Crippen LogP contribution in [0.15, 0.2) is 42.6 Å². The summed E-state index contributed by atoms with van der Waals surface area (Å²) in [4.78, 5) is 38.1. The third-order valence-electron chi connectivity index (χ3n) is 2.95. The zero-order valence-electron chi connectivity index (χ0n) is 12.4. The number of hydrogen-bond donors (Lipinski definition) is 1. The predicted molar refractivity (Wildman–Crippen MR) is 85.9 cm³/mol. The normalized spacial score (nSPS) is 11.4. The highest BCUT2D eigenvalue weighted by Crippen LogP contribution is 2.19. The quantitative estimate of drug-likeness (QED) is 0.504. The second-order valence-electron chi connectivity index (χ2n) is 4.67. The van der Waals surface area contributed by atoms with E-state index in [2.05, 4.69) is 10.3 Å². The Kier molecular flexibility index (Phi) is 5.43. The van der Waals surface area contributed by atoms with Gasteiger partial charge in [0.05, 0.1) is 9.95 Å². The van der Waals surface area contributed by atoms with Crippen LogP contribution in [0, 0.1) is 10.1 Å². The van der Waals surface area contributed by atoms with Crippen molar-refractivity contribution >= 4 is 35.0 Å². The summed E-state index contributed by atoms with van der Waals surface area (Å²) in [6, 6.07) is 8.35. The molecule has 2 aromatic rings. The Bertz CT molecular complexity index is 779. The number of nitrogens with one attached hydrogen (secondary N) is 1. The number of nitro groups is 1. The van der Waals surface area contributed by atoms with Crippen LogP contribution in [0.3, 0.4) is 0 Å². The molecule has 1 unspecified atom stereocenters. The lowest BCUT2D eigenvalue weighted by atomic mass is 10.2. The number of rotatable bonds is 5. The van der Waals surface area contributed by atoms with Gasteiger partial charge in [-0.25, -0.2) is 9.78 Å². The van der Waals surface area contributed by atoms with E-state index in [4.69, 9.17) is 16.3 Å². The van der Waals surface area contributed by atoms with Crippen LogP contribution in [-0.2, 0) is 9.53 Å². The van der Waals surface area contributed by atoms with Crippen molar-refractivity contribution in [1.29, 1.82) is 0 Å². The number of amides is 1. The van der Waals surface area contributed by atoms with Crippen molar-refractivity contribution in [2.45, 2.75) is 13.0 Å². The molecular weight excluding hydrogens is 338 g/mol. The largest absolute Gasteiger partial charge is 0.449 e. The molecule has 1 N–H and O–H groups in total. The Morgan fingerprint density at radius 1 is 1.29 bits per heavy atom. The Morgan fingerprint density at radius 3 is 2.62 bits per heavy atom. The molecule has 0 radical (unpaired) electrons. The molecule has 24 heavy (non-hydrogen) atoms. The average molecular weight is 350 g/mol. The lowest BCUT2D eigenvalue weighted by Crippen LogP contribution is -2.30. The molecule has 0 saturated heterocycles. The maximum atomic E-state index is 12.0. The number of anilines is 1. The minimum atomic E-state index is -1.17. The topological polar surface area (TPSA) is 111 Å². The molecule has 0 saturated carbocycles. The third-order valence-corrected chi connectivity index (χ3v) is 3.18. The van der Waals surface area contributed by atoms with Crippen LogP contribution in [0.1, 0.15) is 17.3 Å². The third kappa shape index (κ3) is 4.26. The fraction of sp³-hybridized carbons (Fsp3) is 0.133. The van der Waals surface area contributed by atoms with Crippen molar-refractivity contribution in [3.63, 3.8) is 0 Å². The maximum Gasteiger partial charge on any atom is 0.345 e. The van der Waals surface area contributed by atoms with Gasteiger partial charge in [0, 0.05) is 12.3 Å². The van der Waals surface area contributed by atoms with Gasteiger partial charge in [0.15, 0.2) is 6.10 Å². The van der Waals surface area contributed by atoms with E-state index in [1.807, 2.05) is 0 Å². The first-order valence-corrected chi connectivity index (χ1v) is 7.13. The van der Waals surface area contributed by atoms with Gasteiger partial charge in [-0.05, 0) is 25.1 Å². The van der Waals surface area contributed by atoms with Crippen molar-refractivity contribution in [3.8, 4) is 0 Å². The summed E-state index contributed by atoms with van der Waals surface area (Å²) in [5.74, 6) is -1.36. The molecule has 0 fully saturated rings. The summed E-state index contributed by atoms with van der Waals surface area (Å²) < 4.78 is 4.98. The number of carbonyl (C=O) groups excluding carboxylic acids is 2. The van der Waals surface area contributed by atoms with E-state index >= 15 is 0 Å². The Labute approximate surface area is 141 Å². The van der Waals surface area contributed by atoms with Crippen molar-refractivity contribution < 1.29 is 19.2 Å². The second kappa shape index (κ2) is 7.51. The average Bonchev–Trinajstić information content (AvgIpc) is 2.56. The van der Waals surface area contributed by atoms with E-state index < -0.39 is 28.6 Å². The first-order chi connectivity index (χ1) is 11.4. The number of aromatic nitrogens is 1. The number of nitro benzene ring substituents is 1. The summed E-state index contributed by atoms with van der Waals surface area (Å²) in [5.41, 5.74) is -0.624. The lowest BCUT2D eigenvalue weighted by Gasteiger charge is -2.13. The molecule has 1 atom stereocenters. The fourth-order valence-corrected chi connectivity index (χ4v) is 1.87. The molecule has 2 rings (SSSR count). The van der Waals surface area contributed by atoms with Gasteiger partial charge in [0.2, 0.25) is 0 Å². The smallest absolute Gasteiger partial charge is 0.345 e. The number of esters is 1. The molecule has 0 aliphatic rings. The summed E-state index contributed by atoms with van der Waals surface area (Å²) >= 11 is 5.69. The van der Waals surface area contributed by atoms with Crippen LogP contribution >= 0.6 is 11.6 Å². The molecule has 124 valence electrons. The van der Waals surface area contributed by atoms with E-state index in [9.17, 15) is 19.7 Å². The van der Waals surface area contributed by atoms with Gasteiger partial charge in [-0.3, -0.25) is 14.9 Å². The summed E-state index contributed by atoms with van der Waals surface area (Å²) in [7, 11) is 0. The van der Waals surface area contributed by atoms with Crippen molar-refractivity contribution in [1.82, 2.24) is 4.98 Å². The molecule has 0 spiro atoms. The highest BCUT2D eigenvalue weighted by molar-refractivity contribution is 6.30. The predicted octanol–water partition coefficient (Wildman–Crippen LogP) is 2.83. The number of ether oxygens (including phenoxy) is 1. The van der Waals surface area contributed by atoms with Crippen LogP contribution in [0.5, 0.6) is 0 Å². The van der Waals surface area contributed by atoms with Crippen LogP contribution in [0.2, 0.25) is 5.02 Å². The van der Waals surface area contributed by atoms with Crippen LogP contribution in [-0.4, -0.2) is 27.9 Å². The van der Waals surface area contributed by atoms with Crippen LogP contribution in [0.25, 0.3) is 0 Å². The van der Waals surface area contributed by atoms with Crippen molar-refractivity contribution in [2.24, 2.45) is 0 Å².